The van der Waals surface area contributed by atoms with Crippen molar-refractivity contribution in [2.75, 3.05) is 13.2 Å². The number of carboxylic acid groups (broad SMARTS) is 1. The van der Waals surface area contributed by atoms with Crippen LogP contribution < -0.4 is 0 Å². The van der Waals surface area contributed by atoms with Crippen molar-refractivity contribution in [3.8, 4) is 0 Å². The summed E-state index contributed by atoms with van der Waals surface area (Å²) in [5, 5.41) is 13.0. The van der Waals surface area contributed by atoms with Crippen LogP contribution in [0.2, 0.25) is 0 Å². The smallest absolute Gasteiger partial charge is 0.356 e. The highest BCUT2D eigenvalue weighted by Gasteiger charge is 2.19. The Morgan fingerprint density at radius 3 is 2.80 bits per heavy atom. The predicted molar refractivity (Wildman–Crippen MR) is 53.0 cm³/mol. The van der Waals surface area contributed by atoms with Crippen LogP contribution in [0.5, 0.6) is 0 Å². The van der Waals surface area contributed by atoms with Gasteiger partial charge in [0, 0.05) is 25.0 Å². The summed E-state index contributed by atoms with van der Waals surface area (Å²) in [6.45, 7) is 3.23. The van der Waals surface area contributed by atoms with E-state index < -0.39 is 5.97 Å². The molecule has 5 heteroatoms. The highest BCUT2D eigenvalue weighted by atomic mass is 16.5. The first-order chi connectivity index (χ1) is 7.18. The molecule has 0 amide bonds. The van der Waals surface area contributed by atoms with Crippen molar-refractivity contribution < 1.29 is 14.6 Å². The first-order valence-corrected chi connectivity index (χ1v) is 5.05. The summed E-state index contributed by atoms with van der Waals surface area (Å²) in [5.74, 6) is -0.960. The quantitative estimate of drug-likeness (QED) is 0.797. The Balaban J connectivity index is 2.21. The van der Waals surface area contributed by atoms with E-state index in [1.54, 1.807) is 17.8 Å². The molecule has 0 radical (unpaired) electrons. The molecule has 15 heavy (non-hydrogen) atoms. The van der Waals surface area contributed by atoms with E-state index in [1.807, 2.05) is 0 Å². The average Bonchev–Trinajstić information content (AvgIpc) is 2.62. The van der Waals surface area contributed by atoms with Gasteiger partial charge in [0.25, 0.3) is 0 Å². The molecule has 1 aliphatic heterocycles. The lowest BCUT2D eigenvalue weighted by molar-refractivity contribution is 0.0645. The molecule has 1 saturated heterocycles. The van der Waals surface area contributed by atoms with Gasteiger partial charge in [-0.1, -0.05) is 0 Å². The van der Waals surface area contributed by atoms with Crippen molar-refractivity contribution in [1.29, 1.82) is 0 Å². The number of nitrogens with zero attached hydrogens (tertiary/aromatic N) is 2. The van der Waals surface area contributed by atoms with E-state index >= 15 is 0 Å². The fourth-order valence-corrected chi connectivity index (χ4v) is 1.83. The molecule has 1 aliphatic rings. The number of hydrogen-bond acceptors (Lipinski definition) is 3. The molecule has 0 aliphatic carbocycles. The highest BCUT2D eigenvalue weighted by Crippen LogP contribution is 2.21. The van der Waals surface area contributed by atoms with Gasteiger partial charge in [-0.25, -0.2) is 4.79 Å². The van der Waals surface area contributed by atoms with Crippen LogP contribution in [0.3, 0.4) is 0 Å². The van der Waals surface area contributed by atoms with E-state index in [1.165, 1.54) is 0 Å². The van der Waals surface area contributed by atoms with Crippen LogP contribution in [-0.4, -0.2) is 34.1 Å². The second kappa shape index (κ2) is 4.02. The van der Waals surface area contributed by atoms with Crippen molar-refractivity contribution in [3.05, 3.63) is 17.5 Å². The number of ether oxygens (including phenoxy) is 1. The number of rotatable bonds is 2. The van der Waals surface area contributed by atoms with Gasteiger partial charge in [0.1, 0.15) is 0 Å². The van der Waals surface area contributed by atoms with E-state index in [4.69, 9.17) is 9.84 Å². The molecule has 2 heterocycles. The lowest BCUT2D eigenvalue weighted by Gasteiger charge is -2.22. The van der Waals surface area contributed by atoms with Gasteiger partial charge in [0.15, 0.2) is 5.69 Å². The molecule has 1 aromatic rings. The number of aryl methyl sites for hydroxylation is 1. The first-order valence-electron chi connectivity index (χ1n) is 5.05. The minimum atomic E-state index is -0.960. The average molecular weight is 210 g/mol. The van der Waals surface area contributed by atoms with Crippen LogP contribution in [-0.2, 0) is 4.74 Å². The Hall–Kier alpha value is -1.36. The fourth-order valence-electron chi connectivity index (χ4n) is 1.83. The van der Waals surface area contributed by atoms with Crippen LogP contribution in [0.15, 0.2) is 6.20 Å². The second-order valence-electron chi connectivity index (χ2n) is 3.79. The van der Waals surface area contributed by atoms with E-state index in [2.05, 4.69) is 5.10 Å². The molecule has 82 valence electrons. The van der Waals surface area contributed by atoms with Gasteiger partial charge in [0.05, 0.1) is 6.04 Å². The van der Waals surface area contributed by atoms with Gasteiger partial charge in [-0.15, -0.1) is 0 Å². The molecule has 0 aromatic carbocycles. The number of aromatic nitrogens is 2. The van der Waals surface area contributed by atoms with Crippen molar-refractivity contribution in [2.24, 2.45) is 0 Å². The maximum atomic E-state index is 10.8. The van der Waals surface area contributed by atoms with Gasteiger partial charge in [-0.2, -0.15) is 5.10 Å². The van der Waals surface area contributed by atoms with Crippen LogP contribution in [0.25, 0.3) is 0 Å². The van der Waals surface area contributed by atoms with Crippen molar-refractivity contribution in [3.63, 3.8) is 0 Å². The third-order valence-corrected chi connectivity index (χ3v) is 2.68. The number of hydrogen-bond donors (Lipinski definition) is 1. The van der Waals surface area contributed by atoms with Crippen LogP contribution in [0.1, 0.15) is 34.9 Å². The first kappa shape index (κ1) is 10.2. The summed E-state index contributed by atoms with van der Waals surface area (Å²) in [6, 6.07) is 0.283. The molecule has 5 nitrogen and oxygen atoms in total. The van der Waals surface area contributed by atoms with Crippen LogP contribution >= 0.6 is 0 Å². The Kier molecular flexibility index (Phi) is 2.73. The molecule has 0 unspecified atom stereocenters. The summed E-state index contributed by atoms with van der Waals surface area (Å²) >= 11 is 0. The topological polar surface area (TPSA) is 64.4 Å². The third kappa shape index (κ3) is 2.02. The second-order valence-corrected chi connectivity index (χ2v) is 3.79. The van der Waals surface area contributed by atoms with Gasteiger partial charge < -0.3 is 9.84 Å². The molecule has 1 aromatic heterocycles. The largest absolute Gasteiger partial charge is 0.476 e. The summed E-state index contributed by atoms with van der Waals surface area (Å²) in [5.41, 5.74) is 0.871. The summed E-state index contributed by atoms with van der Waals surface area (Å²) in [7, 11) is 0. The zero-order valence-corrected chi connectivity index (χ0v) is 8.64. The molecule has 1 N–H and O–H groups in total. The minimum absolute atomic E-state index is 0.154. The molecule has 0 atom stereocenters. The van der Waals surface area contributed by atoms with E-state index in [0.29, 0.717) is 5.56 Å². The standard InChI is InChI=1S/C10H14N2O3/c1-7-6-12(11-9(7)10(13)14)8-2-4-15-5-3-8/h6,8H,2-5H2,1H3,(H,13,14). The predicted octanol–water partition coefficient (Wildman–Crippen LogP) is 1.24. The zero-order chi connectivity index (χ0) is 10.8. The normalized spacial score (nSPS) is 17.9. The van der Waals surface area contributed by atoms with Crippen LogP contribution in [0.4, 0.5) is 0 Å². The molecule has 1 fully saturated rings. The summed E-state index contributed by atoms with van der Waals surface area (Å²) < 4.78 is 7.01. The van der Waals surface area contributed by atoms with Crippen molar-refractivity contribution in [2.45, 2.75) is 25.8 Å². The lowest BCUT2D eigenvalue weighted by Crippen LogP contribution is -2.20. The zero-order valence-electron chi connectivity index (χ0n) is 8.64. The summed E-state index contributed by atoms with van der Waals surface area (Å²) in [6.07, 6.45) is 3.61. The minimum Gasteiger partial charge on any atom is -0.476 e. The highest BCUT2D eigenvalue weighted by molar-refractivity contribution is 5.86. The van der Waals surface area contributed by atoms with E-state index in [0.717, 1.165) is 26.1 Å². The van der Waals surface area contributed by atoms with Crippen molar-refractivity contribution in [1.82, 2.24) is 9.78 Å². The monoisotopic (exact) mass is 210 g/mol. The molecule has 0 saturated carbocycles. The molecule has 2 rings (SSSR count). The lowest BCUT2D eigenvalue weighted by atomic mass is 10.1. The van der Waals surface area contributed by atoms with E-state index in [9.17, 15) is 4.79 Å². The fraction of sp³-hybridized carbons (Fsp3) is 0.600. The van der Waals surface area contributed by atoms with Gasteiger partial charge in [-0.05, 0) is 19.8 Å². The Bertz CT molecular complexity index is 367. The number of carbonyl (C=O) groups is 1. The summed E-state index contributed by atoms with van der Waals surface area (Å²) in [4.78, 5) is 10.8. The van der Waals surface area contributed by atoms with E-state index in [-0.39, 0.29) is 11.7 Å². The number of carboxylic acids is 1. The van der Waals surface area contributed by atoms with Crippen molar-refractivity contribution >= 4 is 5.97 Å². The third-order valence-electron chi connectivity index (χ3n) is 2.68. The molecule has 0 bridgehead atoms. The van der Waals surface area contributed by atoms with Gasteiger partial charge in [-0.3, -0.25) is 4.68 Å². The SMILES string of the molecule is Cc1cn(C2CCOCC2)nc1C(=O)O. The Morgan fingerprint density at radius 2 is 2.27 bits per heavy atom. The maximum absolute atomic E-state index is 10.8. The van der Waals surface area contributed by atoms with Gasteiger partial charge in [0.2, 0.25) is 0 Å². The van der Waals surface area contributed by atoms with Crippen LogP contribution in [0, 0.1) is 6.92 Å². The molecule has 0 spiro atoms. The molecular weight excluding hydrogens is 196 g/mol. The Morgan fingerprint density at radius 1 is 1.60 bits per heavy atom. The van der Waals surface area contributed by atoms with Gasteiger partial charge >= 0.3 is 5.97 Å². The molecular formula is C10H14N2O3. The Labute approximate surface area is 87.7 Å². The number of aromatic carboxylic acids is 1. The maximum Gasteiger partial charge on any atom is 0.356 e.